The Morgan fingerprint density at radius 1 is 0.914 bits per heavy atom. The van der Waals surface area contributed by atoms with Crippen LogP contribution in [0.4, 0.5) is 5.69 Å². The summed E-state index contributed by atoms with van der Waals surface area (Å²) < 4.78 is 5.48. The molecule has 0 aromatic heterocycles. The van der Waals surface area contributed by atoms with E-state index in [0.29, 0.717) is 0 Å². The minimum absolute atomic E-state index is 0.0284. The number of ether oxygens (including phenoxy) is 1. The Morgan fingerprint density at radius 2 is 1.54 bits per heavy atom. The summed E-state index contributed by atoms with van der Waals surface area (Å²) in [5.74, 6) is -2.73. The first-order valence-corrected chi connectivity index (χ1v) is 11.5. The van der Waals surface area contributed by atoms with Crippen LogP contribution in [0.15, 0.2) is 60.7 Å². The molecule has 0 radical (unpaired) electrons. The number of benzene rings is 2. The van der Waals surface area contributed by atoms with Crippen LogP contribution in [-0.4, -0.2) is 79.3 Å². The summed E-state index contributed by atoms with van der Waals surface area (Å²) in [6.07, 6.45) is 5.54. The number of carboxylic acids is 2. The minimum atomic E-state index is -1.82. The van der Waals surface area contributed by atoms with Crippen molar-refractivity contribution in [3.05, 3.63) is 66.2 Å². The van der Waals surface area contributed by atoms with Crippen molar-refractivity contribution in [2.45, 2.75) is 12.8 Å². The van der Waals surface area contributed by atoms with Crippen molar-refractivity contribution in [2.75, 3.05) is 51.3 Å². The van der Waals surface area contributed by atoms with E-state index in [1.165, 1.54) is 5.69 Å². The number of hydrogen-bond donors (Lipinski definition) is 3. The van der Waals surface area contributed by atoms with Crippen LogP contribution in [0.25, 0.3) is 6.08 Å². The van der Waals surface area contributed by atoms with Crippen LogP contribution in [0.2, 0.25) is 0 Å². The van der Waals surface area contributed by atoms with Gasteiger partial charge in [0.05, 0.1) is 12.8 Å². The molecule has 1 heterocycles. The highest BCUT2D eigenvalue weighted by Gasteiger charge is 2.18. The third kappa shape index (κ3) is 10.3. The van der Waals surface area contributed by atoms with Gasteiger partial charge < -0.3 is 25.2 Å². The first kappa shape index (κ1) is 27.4. The highest BCUT2D eigenvalue weighted by atomic mass is 16.5. The maximum Gasteiger partial charge on any atom is 0.414 e. The van der Waals surface area contributed by atoms with Gasteiger partial charge in [0.25, 0.3) is 0 Å². The lowest BCUT2D eigenvalue weighted by molar-refractivity contribution is -0.159. The monoisotopic (exact) mass is 483 g/mol. The maximum atomic E-state index is 11.9. The minimum Gasteiger partial charge on any atom is -0.495 e. The van der Waals surface area contributed by atoms with Gasteiger partial charge in [0.1, 0.15) is 5.75 Å². The zero-order valence-electron chi connectivity index (χ0n) is 19.9. The number of nitrogens with one attached hydrogen (secondary N) is 1. The van der Waals surface area contributed by atoms with Crippen molar-refractivity contribution in [1.82, 2.24) is 10.2 Å². The van der Waals surface area contributed by atoms with E-state index in [-0.39, 0.29) is 5.91 Å². The number of hydrogen-bond acceptors (Lipinski definition) is 6. The maximum absolute atomic E-state index is 11.9. The van der Waals surface area contributed by atoms with E-state index in [1.807, 2.05) is 48.5 Å². The van der Waals surface area contributed by atoms with Gasteiger partial charge in [-0.2, -0.15) is 0 Å². The summed E-state index contributed by atoms with van der Waals surface area (Å²) >= 11 is 0. The molecule has 1 aliphatic heterocycles. The number of carbonyl (C=O) groups excluding carboxylic acids is 1. The largest absolute Gasteiger partial charge is 0.495 e. The fourth-order valence-electron chi connectivity index (χ4n) is 3.57. The lowest BCUT2D eigenvalue weighted by atomic mass is 10.2. The van der Waals surface area contributed by atoms with Crippen molar-refractivity contribution in [3.63, 3.8) is 0 Å². The normalized spacial score (nSPS) is 13.6. The number of aliphatic carboxylic acids is 2. The van der Waals surface area contributed by atoms with Crippen molar-refractivity contribution < 1.29 is 29.3 Å². The number of carbonyl (C=O) groups is 3. The quantitative estimate of drug-likeness (QED) is 0.283. The van der Waals surface area contributed by atoms with Crippen molar-refractivity contribution >= 4 is 29.6 Å². The summed E-state index contributed by atoms with van der Waals surface area (Å²) in [5.41, 5.74) is 2.22. The Bertz CT molecular complexity index is 960. The second-order valence-electron chi connectivity index (χ2n) is 7.85. The summed E-state index contributed by atoms with van der Waals surface area (Å²) in [6.45, 7) is 5.95. The SMILES string of the molecule is COc1ccccc1N1CCN(CCCCNC(=O)/C=C/c2ccccc2)CC1.O=C(O)C(=O)O. The van der Waals surface area contributed by atoms with Gasteiger partial charge in [-0.1, -0.05) is 42.5 Å². The Morgan fingerprint density at radius 3 is 2.17 bits per heavy atom. The number of nitrogens with zero attached hydrogens (tertiary/aromatic N) is 2. The number of unbranched alkanes of at least 4 members (excludes halogenated alkanes) is 1. The molecule has 1 saturated heterocycles. The molecule has 0 saturated carbocycles. The summed E-state index contributed by atoms with van der Waals surface area (Å²) in [5, 5.41) is 17.7. The number of carboxylic acid groups (broad SMARTS) is 2. The van der Waals surface area contributed by atoms with Crippen LogP contribution in [0.3, 0.4) is 0 Å². The van der Waals surface area contributed by atoms with E-state index in [1.54, 1.807) is 13.2 Å². The fraction of sp³-hybridized carbons (Fsp3) is 0.346. The smallest absolute Gasteiger partial charge is 0.414 e. The Hall–Kier alpha value is -3.85. The van der Waals surface area contributed by atoms with E-state index >= 15 is 0 Å². The first-order valence-electron chi connectivity index (χ1n) is 11.5. The predicted molar refractivity (Wildman–Crippen MR) is 135 cm³/mol. The Kier molecular flexibility index (Phi) is 11.8. The van der Waals surface area contributed by atoms with E-state index in [4.69, 9.17) is 24.5 Å². The van der Waals surface area contributed by atoms with E-state index in [0.717, 1.165) is 63.4 Å². The lowest BCUT2D eigenvalue weighted by Crippen LogP contribution is -2.46. The molecule has 1 fully saturated rings. The van der Waals surface area contributed by atoms with Crippen LogP contribution in [0.5, 0.6) is 5.75 Å². The van der Waals surface area contributed by atoms with E-state index in [2.05, 4.69) is 27.2 Å². The lowest BCUT2D eigenvalue weighted by Gasteiger charge is -2.36. The summed E-state index contributed by atoms with van der Waals surface area (Å²) in [6, 6.07) is 18.1. The average Bonchev–Trinajstić information content (AvgIpc) is 2.88. The van der Waals surface area contributed by atoms with Gasteiger partial charge in [-0.05, 0) is 43.2 Å². The van der Waals surface area contributed by atoms with Crippen LogP contribution in [-0.2, 0) is 14.4 Å². The topological polar surface area (TPSA) is 119 Å². The van der Waals surface area contributed by atoms with Gasteiger partial charge in [-0.25, -0.2) is 9.59 Å². The molecule has 2 aromatic rings. The molecule has 35 heavy (non-hydrogen) atoms. The number of anilines is 1. The number of para-hydroxylation sites is 2. The van der Waals surface area contributed by atoms with Crippen LogP contribution in [0.1, 0.15) is 18.4 Å². The van der Waals surface area contributed by atoms with Gasteiger partial charge in [-0.15, -0.1) is 0 Å². The predicted octanol–water partition coefficient (Wildman–Crippen LogP) is 2.58. The molecule has 0 atom stereocenters. The third-order valence-corrected chi connectivity index (χ3v) is 5.41. The number of methoxy groups -OCH3 is 1. The summed E-state index contributed by atoms with van der Waals surface area (Å²) in [4.78, 5) is 35.0. The molecule has 3 N–H and O–H groups in total. The zero-order chi connectivity index (χ0) is 25.5. The zero-order valence-corrected chi connectivity index (χ0v) is 19.9. The molecule has 9 nitrogen and oxygen atoms in total. The highest BCUT2D eigenvalue weighted by Crippen LogP contribution is 2.28. The Labute approximate surface area is 205 Å². The van der Waals surface area contributed by atoms with Crippen LogP contribution < -0.4 is 15.0 Å². The molecule has 188 valence electrons. The molecule has 0 bridgehead atoms. The summed E-state index contributed by atoms with van der Waals surface area (Å²) in [7, 11) is 1.73. The molecule has 0 aliphatic carbocycles. The molecular weight excluding hydrogens is 450 g/mol. The van der Waals surface area contributed by atoms with Crippen molar-refractivity contribution in [3.8, 4) is 5.75 Å². The van der Waals surface area contributed by atoms with Gasteiger partial charge in [-0.3, -0.25) is 9.69 Å². The average molecular weight is 484 g/mol. The van der Waals surface area contributed by atoms with E-state index < -0.39 is 11.9 Å². The van der Waals surface area contributed by atoms with Crippen LogP contribution in [0, 0.1) is 0 Å². The molecule has 0 spiro atoms. The van der Waals surface area contributed by atoms with Crippen molar-refractivity contribution in [1.29, 1.82) is 0 Å². The van der Waals surface area contributed by atoms with Crippen LogP contribution >= 0.6 is 0 Å². The molecule has 1 amide bonds. The van der Waals surface area contributed by atoms with Gasteiger partial charge in [0, 0.05) is 38.8 Å². The Balaban J connectivity index is 0.000000641. The standard InChI is InChI=1S/C24H31N3O2.C2H2O4/c1-29-23-12-6-5-11-22(23)27-19-17-26(18-20-27)16-8-7-15-25-24(28)14-13-21-9-3-2-4-10-21;3-1(4)2(5)6/h2-6,9-14H,7-8,15-20H2,1H3,(H,25,28);(H,3,4)(H,5,6)/b14-13+;. The molecule has 9 heteroatoms. The second-order valence-corrected chi connectivity index (χ2v) is 7.85. The van der Waals surface area contributed by atoms with Gasteiger partial charge in [0.2, 0.25) is 5.91 Å². The second kappa shape index (κ2) is 15.1. The van der Waals surface area contributed by atoms with Gasteiger partial charge in [0.15, 0.2) is 0 Å². The highest BCUT2D eigenvalue weighted by molar-refractivity contribution is 6.27. The number of rotatable bonds is 9. The molecule has 0 unspecified atom stereocenters. The molecule has 2 aromatic carbocycles. The fourth-order valence-corrected chi connectivity index (χ4v) is 3.57. The molecule has 1 aliphatic rings. The van der Waals surface area contributed by atoms with E-state index in [9.17, 15) is 4.79 Å². The van der Waals surface area contributed by atoms with Gasteiger partial charge >= 0.3 is 11.9 Å². The number of amides is 1. The molecular formula is C26H33N3O6. The first-order chi connectivity index (χ1) is 16.9. The van der Waals surface area contributed by atoms with Crippen molar-refractivity contribution in [2.24, 2.45) is 0 Å². The third-order valence-electron chi connectivity index (χ3n) is 5.41. The molecule has 3 rings (SSSR count). The number of piperazine rings is 1.